The lowest BCUT2D eigenvalue weighted by atomic mass is 10.2. The van der Waals surface area contributed by atoms with Crippen molar-refractivity contribution in [1.29, 1.82) is 0 Å². The van der Waals surface area contributed by atoms with E-state index in [4.69, 9.17) is 0 Å². The third-order valence-electron chi connectivity index (χ3n) is 2.89. The van der Waals surface area contributed by atoms with Crippen LogP contribution in [0.4, 0.5) is 0 Å². The number of aromatic nitrogens is 3. The maximum atomic E-state index is 12.3. The molecule has 2 aromatic heterocycles. The highest BCUT2D eigenvalue weighted by Gasteiger charge is 2.17. The molecular formula is C14H11N3O. The number of carbonyl (C=O) groups excluding carboxylic acids is 1. The topological polar surface area (TPSA) is 47.8 Å². The van der Waals surface area contributed by atoms with Crippen LogP contribution in [-0.4, -0.2) is 20.3 Å². The Morgan fingerprint density at radius 2 is 1.89 bits per heavy atom. The molecule has 2 heterocycles. The van der Waals surface area contributed by atoms with Gasteiger partial charge >= 0.3 is 0 Å². The van der Waals surface area contributed by atoms with Crippen LogP contribution in [0.3, 0.4) is 0 Å². The van der Waals surface area contributed by atoms with Crippen LogP contribution in [0.25, 0.3) is 11.0 Å². The van der Waals surface area contributed by atoms with Gasteiger partial charge in [-0.2, -0.15) is 0 Å². The van der Waals surface area contributed by atoms with Crippen molar-refractivity contribution < 1.29 is 4.79 Å². The number of benzene rings is 1. The molecule has 0 N–H and O–H groups in total. The molecule has 1 aromatic carbocycles. The second-order valence-corrected chi connectivity index (χ2v) is 4.03. The van der Waals surface area contributed by atoms with Crippen molar-refractivity contribution >= 4 is 16.8 Å². The lowest BCUT2D eigenvalue weighted by molar-refractivity contribution is 0.102. The van der Waals surface area contributed by atoms with Gasteiger partial charge in [0.2, 0.25) is 5.78 Å². The Bertz CT molecular complexity index is 716. The predicted octanol–water partition coefficient (Wildman–Crippen LogP) is 2.20. The van der Waals surface area contributed by atoms with Crippen molar-refractivity contribution in [2.24, 2.45) is 7.05 Å². The molecule has 4 heteroatoms. The van der Waals surface area contributed by atoms with Gasteiger partial charge in [0.25, 0.3) is 0 Å². The second kappa shape index (κ2) is 4.07. The maximum Gasteiger partial charge on any atom is 0.246 e. The van der Waals surface area contributed by atoms with E-state index in [0.717, 1.165) is 11.0 Å². The summed E-state index contributed by atoms with van der Waals surface area (Å²) >= 11 is 0. The summed E-state index contributed by atoms with van der Waals surface area (Å²) in [5.41, 5.74) is 2.17. The molecular weight excluding hydrogens is 226 g/mol. The average molecular weight is 237 g/mol. The van der Waals surface area contributed by atoms with Crippen LogP contribution < -0.4 is 0 Å². The molecule has 0 aliphatic heterocycles. The Morgan fingerprint density at radius 1 is 1.11 bits per heavy atom. The van der Waals surface area contributed by atoms with Crippen molar-refractivity contribution in [2.75, 3.05) is 0 Å². The third-order valence-corrected chi connectivity index (χ3v) is 2.89. The van der Waals surface area contributed by atoms with E-state index in [9.17, 15) is 4.79 Å². The maximum absolute atomic E-state index is 12.3. The Hall–Kier alpha value is -2.49. The van der Waals surface area contributed by atoms with Crippen LogP contribution in [0.1, 0.15) is 16.3 Å². The highest BCUT2D eigenvalue weighted by Crippen LogP contribution is 2.16. The Morgan fingerprint density at radius 3 is 2.61 bits per heavy atom. The van der Waals surface area contributed by atoms with E-state index in [-0.39, 0.29) is 5.78 Å². The number of ketones is 1. The number of rotatable bonds is 2. The van der Waals surface area contributed by atoms with Crippen LogP contribution >= 0.6 is 0 Å². The van der Waals surface area contributed by atoms with E-state index in [1.54, 1.807) is 29.0 Å². The number of imidazole rings is 1. The zero-order chi connectivity index (χ0) is 12.5. The number of aryl methyl sites for hydroxylation is 1. The normalized spacial score (nSPS) is 10.7. The third kappa shape index (κ3) is 1.59. The van der Waals surface area contributed by atoms with Gasteiger partial charge in [-0.1, -0.05) is 18.2 Å². The summed E-state index contributed by atoms with van der Waals surface area (Å²) in [6, 6.07) is 12.9. The van der Waals surface area contributed by atoms with Gasteiger partial charge in [0.1, 0.15) is 5.69 Å². The first-order valence-electron chi connectivity index (χ1n) is 5.64. The molecule has 0 unspecified atom stereocenters. The van der Waals surface area contributed by atoms with Crippen molar-refractivity contribution in [3.63, 3.8) is 0 Å². The van der Waals surface area contributed by atoms with Crippen LogP contribution in [0.2, 0.25) is 0 Å². The molecule has 0 aliphatic rings. The van der Waals surface area contributed by atoms with Crippen molar-refractivity contribution in [3.8, 4) is 0 Å². The summed E-state index contributed by atoms with van der Waals surface area (Å²) in [5, 5.41) is 0. The molecule has 3 aromatic rings. The van der Waals surface area contributed by atoms with E-state index in [1.807, 2.05) is 31.3 Å². The van der Waals surface area contributed by atoms with Crippen LogP contribution in [0.15, 0.2) is 48.7 Å². The lowest BCUT2D eigenvalue weighted by Crippen LogP contribution is -2.10. The van der Waals surface area contributed by atoms with Gasteiger partial charge < -0.3 is 4.57 Å². The molecule has 18 heavy (non-hydrogen) atoms. The Balaban J connectivity index is 2.15. The fraction of sp³-hybridized carbons (Fsp3) is 0.0714. The summed E-state index contributed by atoms with van der Waals surface area (Å²) in [7, 11) is 1.84. The van der Waals surface area contributed by atoms with Gasteiger partial charge in [-0.3, -0.25) is 9.78 Å². The number of hydrogen-bond donors (Lipinski definition) is 0. The molecule has 0 aliphatic carbocycles. The molecule has 0 bridgehead atoms. The van der Waals surface area contributed by atoms with Crippen molar-refractivity contribution in [3.05, 3.63) is 60.2 Å². The number of carbonyl (C=O) groups is 1. The second-order valence-electron chi connectivity index (χ2n) is 4.03. The van der Waals surface area contributed by atoms with E-state index in [0.29, 0.717) is 11.5 Å². The van der Waals surface area contributed by atoms with Gasteiger partial charge in [-0.25, -0.2) is 4.98 Å². The molecule has 0 fully saturated rings. The molecule has 3 rings (SSSR count). The zero-order valence-corrected chi connectivity index (χ0v) is 9.87. The van der Waals surface area contributed by atoms with Gasteiger partial charge in [0.05, 0.1) is 11.0 Å². The smallest absolute Gasteiger partial charge is 0.246 e. The minimum absolute atomic E-state index is 0.158. The summed E-state index contributed by atoms with van der Waals surface area (Å²) in [6.07, 6.45) is 1.61. The highest BCUT2D eigenvalue weighted by molar-refractivity contribution is 6.06. The largest absolute Gasteiger partial charge is 0.324 e. The quantitative estimate of drug-likeness (QED) is 0.642. The van der Waals surface area contributed by atoms with E-state index < -0.39 is 0 Å². The summed E-state index contributed by atoms with van der Waals surface area (Å²) in [5.74, 6) is 0.254. The fourth-order valence-electron chi connectivity index (χ4n) is 1.96. The van der Waals surface area contributed by atoms with Gasteiger partial charge in [0, 0.05) is 13.2 Å². The minimum atomic E-state index is -0.158. The summed E-state index contributed by atoms with van der Waals surface area (Å²) < 4.78 is 1.80. The lowest BCUT2D eigenvalue weighted by Gasteiger charge is -2.00. The molecule has 0 saturated carbocycles. The molecule has 0 spiro atoms. The van der Waals surface area contributed by atoms with Crippen LogP contribution in [-0.2, 0) is 7.05 Å². The van der Waals surface area contributed by atoms with E-state index in [2.05, 4.69) is 9.97 Å². The Labute approximate surface area is 104 Å². The number of fused-ring (bicyclic) bond motifs is 1. The van der Waals surface area contributed by atoms with E-state index >= 15 is 0 Å². The zero-order valence-electron chi connectivity index (χ0n) is 9.87. The molecule has 0 amide bonds. The monoisotopic (exact) mass is 237 g/mol. The van der Waals surface area contributed by atoms with Crippen LogP contribution in [0, 0.1) is 0 Å². The van der Waals surface area contributed by atoms with Crippen molar-refractivity contribution in [1.82, 2.24) is 14.5 Å². The predicted molar refractivity (Wildman–Crippen MR) is 68.4 cm³/mol. The molecule has 4 nitrogen and oxygen atoms in total. The number of nitrogens with zero attached hydrogens (tertiary/aromatic N) is 3. The average Bonchev–Trinajstić information content (AvgIpc) is 2.77. The first kappa shape index (κ1) is 10.7. The first-order valence-corrected chi connectivity index (χ1v) is 5.64. The van der Waals surface area contributed by atoms with Gasteiger partial charge in [-0.05, 0) is 24.3 Å². The number of para-hydroxylation sites is 2. The van der Waals surface area contributed by atoms with Crippen LogP contribution in [0.5, 0.6) is 0 Å². The first-order chi connectivity index (χ1) is 8.77. The molecule has 0 atom stereocenters. The van der Waals surface area contributed by atoms with E-state index in [1.165, 1.54) is 0 Å². The minimum Gasteiger partial charge on any atom is -0.324 e. The van der Waals surface area contributed by atoms with Gasteiger partial charge in [-0.15, -0.1) is 0 Å². The molecule has 88 valence electrons. The van der Waals surface area contributed by atoms with Crippen molar-refractivity contribution in [2.45, 2.75) is 0 Å². The Kier molecular flexibility index (Phi) is 2.41. The number of pyridine rings is 1. The van der Waals surface area contributed by atoms with Gasteiger partial charge in [0.15, 0.2) is 5.82 Å². The SMILES string of the molecule is Cn1c(C(=O)c2ccccn2)nc2ccccc21. The summed E-state index contributed by atoms with van der Waals surface area (Å²) in [6.45, 7) is 0. The fourth-order valence-corrected chi connectivity index (χ4v) is 1.96. The summed E-state index contributed by atoms with van der Waals surface area (Å²) in [4.78, 5) is 20.7. The standard InChI is InChI=1S/C14H11N3O/c1-17-12-8-3-2-6-10(12)16-14(17)13(18)11-7-4-5-9-15-11/h2-9H,1H3. The number of hydrogen-bond acceptors (Lipinski definition) is 3. The molecule has 0 saturated heterocycles. The molecule has 0 radical (unpaired) electrons. The highest BCUT2D eigenvalue weighted by atomic mass is 16.1.